The third-order valence-electron chi connectivity index (χ3n) is 4.28. The van der Waals surface area contributed by atoms with E-state index in [2.05, 4.69) is 5.32 Å². The average molecular weight is 353 g/mol. The zero-order chi connectivity index (χ0) is 18.8. The second-order valence-corrected chi connectivity index (χ2v) is 6.01. The van der Waals surface area contributed by atoms with Gasteiger partial charge in [-0.3, -0.25) is 19.2 Å². The number of para-hydroxylation sites is 1. The van der Waals surface area contributed by atoms with Crippen molar-refractivity contribution in [3.05, 3.63) is 30.1 Å². The van der Waals surface area contributed by atoms with Crippen molar-refractivity contribution in [1.29, 1.82) is 0 Å². The van der Waals surface area contributed by atoms with Crippen LogP contribution in [-0.2, 0) is 19.2 Å². The molecule has 2 aliphatic carbocycles. The van der Waals surface area contributed by atoms with Crippen molar-refractivity contribution in [3.63, 3.8) is 0 Å². The molecule has 0 aromatic heterocycles. The second kappa shape index (κ2) is 6.50. The van der Waals surface area contributed by atoms with E-state index in [1.165, 1.54) is 18.2 Å². The van der Waals surface area contributed by atoms with Crippen molar-refractivity contribution >= 4 is 29.5 Å². The highest BCUT2D eigenvalue weighted by molar-refractivity contribution is 6.10. The molecule has 0 radical (unpaired) electrons. The van der Waals surface area contributed by atoms with Gasteiger partial charge in [-0.05, 0) is 37.8 Å². The lowest BCUT2D eigenvalue weighted by Gasteiger charge is -2.10. The van der Waals surface area contributed by atoms with Gasteiger partial charge >= 0.3 is 17.9 Å². The van der Waals surface area contributed by atoms with E-state index in [9.17, 15) is 23.6 Å². The first-order chi connectivity index (χ1) is 11.7. The third-order valence-corrected chi connectivity index (χ3v) is 4.28. The topological polar surface area (TPSA) is 141 Å². The summed E-state index contributed by atoms with van der Waals surface area (Å²) in [5, 5.41) is 27.8. The van der Waals surface area contributed by atoms with Crippen molar-refractivity contribution in [2.75, 3.05) is 5.32 Å². The lowest BCUT2D eigenvalue weighted by atomic mass is 10.1. The molecule has 2 saturated carbocycles. The van der Waals surface area contributed by atoms with E-state index in [-0.39, 0.29) is 18.5 Å². The van der Waals surface area contributed by atoms with Crippen molar-refractivity contribution in [1.82, 2.24) is 0 Å². The van der Waals surface area contributed by atoms with Crippen LogP contribution in [0.3, 0.4) is 0 Å². The van der Waals surface area contributed by atoms with Gasteiger partial charge in [0.15, 0.2) is 5.41 Å². The van der Waals surface area contributed by atoms with Crippen LogP contribution in [-0.4, -0.2) is 39.1 Å². The molecular weight excluding hydrogens is 337 g/mol. The molecule has 0 heterocycles. The van der Waals surface area contributed by atoms with Crippen LogP contribution in [0, 0.1) is 16.6 Å². The van der Waals surface area contributed by atoms with Crippen LogP contribution in [0.15, 0.2) is 24.3 Å². The van der Waals surface area contributed by atoms with Gasteiger partial charge in [0.25, 0.3) is 0 Å². The summed E-state index contributed by atoms with van der Waals surface area (Å²) in [5.41, 5.74) is -2.75. The van der Waals surface area contributed by atoms with Crippen LogP contribution in [0.5, 0.6) is 0 Å². The summed E-state index contributed by atoms with van der Waals surface area (Å²) in [6.45, 7) is 0. The number of benzene rings is 1. The highest BCUT2D eigenvalue weighted by atomic mass is 19.1. The van der Waals surface area contributed by atoms with Gasteiger partial charge in [0.1, 0.15) is 11.2 Å². The van der Waals surface area contributed by atoms with E-state index in [1.807, 2.05) is 0 Å². The van der Waals surface area contributed by atoms with Crippen LogP contribution in [0.2, 0.25) is 0 Å². The molecule has 1 amide bonds. The van der Waals surface area contributed by atoms with Gasteiger partial charge in [0.05, 0.1) is 5.69 Å². The minimum Gasteiger partial charge on any atom is -0.480 e. The van der Waals surface area contributed by atoms with Crippen LogP contribution in [0.4, 0.5) is 10.1 Å². The summed E-state index contributed by atoms with van der Waals surface area (Å²) >= 11 is 0. The van der Waals surface area contributed by atoms with Crippen molar-refractivity contribution in [2.24, 2.45) is 10.8 Å². The standard InChI is InChI=1S/C11H10FNO3.C5H6O4/c12-7-3-1-2-4-8(7)13-9(14)11(5-6-11)10(15)16;6-3(7)5(1-2-5)4(8)9/h1-4H,5-6H2,(H,13,14)(H,15,16);1-2H2,(H,6,7)(H,8,9). The van der Waals surface area contributed by atoms with Gasteiger partial charge in [0, 0.05) is 0 Å². The Morgan fingerprint density at radius 3 is 1.60 bits per heavy atom. The van der Waals surface area contributed by atoms with Gasteiger partial charge in [-0.2, -0.15) is 0 Å². The fraction of sp³-hybridized carbons (Fsp3) is 0.375. The van der Waals surface area contributed by atoms with Crippen LogP contribution in [0.1, 0.15) is 25.7 Å². The predicted molar refractivity (Wildman–Crippen MR) is 81.3 cm³/mol. The zero-order valence-electron chi connectivity index (χ0n) is 13.0. The molecule has 1 aromatic carbocycles. The van der Waals surface area contributed by atoms with Crippen molar-refractivity contribution < 1.29 is 38.9 Å². The number of halogens is 1. The van der Waals surface area contributed by atoms with E-state index < -0.39 is 40.5 Å². The maximum atomic E-state index is 13.2. The molecule has 0 saturated heterocycles. The van der Waals surface area contributed by atoms with Gasteiger partial charge in [0.2, 0.25) is 5.91 Å². The smallest absolute Gasteiger partial charge is 0.321 e. The van der Waals surface area contributed by atoms with Gasteiger partial charge < -0.3 is 20.6 Å². The monoisotopic (exact) mass is 353 g/mol. The van der Waals surface area contributed by atoms with E-state index in [0.717, 1.165) is 0 Å². The Kier molecular flexibility index (Phi) is 4.78. The van der Waals surface area contributed by atoms with Crippen LogP contribution < -0.4 is 5.32 Å². The molecular formula is C16H16FNO7. The minimum absolute atomic E-state index is 0.0139. The fourth-order valence-corrected chi connectivity index (χ4v) is 2.11. The first-order valence-corrected chi connectivity index (χ1v) is 7.42. The first-order valence-electron chi connectivity index (χ1n) is 7.42. The molecule has 8 nitrogen and oxygen atoms in total. The second-order valence-electron chi connectivity index (χ2n) is 6.01. The molecule has 3 rings (SSSR count). The van der Waals surface area contributed by atoms with E-state index >= 15 is 0 Å². The molecule has 25 heavy (non-hydrogen) atoms. The summed E-state index contributed by atoms with van der Waals surface area (Å²) in [4.78, 5) is 42.8. The number of rotatable bonds is 5. The summed E-state index contributed by atoms with van der Waals surface area (Å²) in [7, 11) is 0. The Balaban J connectivity index is 0.000000212. The molecule has 2 fully saturated rings. The summed E-state index contributed by atoms with van der Waals surface area (Å²) in [6.07, 6.45) is 1.17. The first kappa shape index (κ1) is 18.4. The number of nitrogens with one attached hydrogen (secondary N) is 1. The number of amides is 1. The zero-order valence-corrected chi connectivity index (χ0v) is 13.0. The number of hydrogen-bond acceptors (Lipinski definition) is 4. The number of aliphatic carboxylic acids is 3. The molecule has 2 aliphatic rings. The number of carboxylic acid groups (broad SMARTS) is 3. The minimum atomic E-state index is -1.42. The Bertz CT molecular complexity index is 722. The lowest BCUT2D eigenvalue weighted by molar-refractivity contribution is -0.157. The number of carbonyl (C=O) groups excluding carboxylic acids is 1. The number of anilines is 1. The maximum absolute atomic E-state index is 13.2. The van der Waals surface area contributed by atoms with Crippen LogP contribution >= 0.6 is 0 Å². The number of hydrogen-bond donors (Lipinski definition) is 4. The Labute approximate surface area is 141 Å². The largest absolute Gasteiger partial charge is 0.480 e. The molecule has 9 heteroatoms. The molecule has 4 N–H and O–H groups in total. The Hall–Kier alpha value is -2.97. The molecule has 0 bridgehead atoms. The number of carboxylic acids is 3. The highest BCUT2D eigenvalue weighted by Gasteiger charge is 2.58. The van der Waals surface area contributed by atoms with Crippen molar-refractivity contribution in [2.45, 2.75) is 25.7 Å². The quantitative estimate of drug-likeness (QED) is 0.589. The molecule has 0 spiro atoms. The highest BCUT2D eigenvalue weighted by Crippen LogP contribution is 2.47. The van der Waals surface area contributed by atoms with Gasteiger partial charge in [-0.15, -0.1) is 0 Å². The van der Waals surface area contributed by atoms with Crippen LogP contribution in [0.25, 0.3) is 0 Å². The molecule has 0 aliphatic heterocycles. The third kappa shape index (κ3) is 3.59. The van der Waals surface area contributed by atoms with Gasteiger partial charge in [-0.25, -0.2) is 4.39 Å². The Morgan fingerprint density at radius 2 is 1.28 bits per heavy atom. The summed E-state index contributed by atoms with van der Waals surface area (Å²) < 4.78 is 13.2. The predicted octanol–water partition coefficient (Wildman–Crippen LogP) is 1.56. The van der Waals surface area contributed by atoms with Gasteiger partial charge in [-0.1, -0.05) is 12.1 Å². The summed E-state index contributed by atoms with van der Waals surface area (Å²) in [5.74, 6) is -4.80. The fourth-order valence-electron chi connectivity index (χ4n) is 2.11. The maximum Gasteiger partial charge on any atom is 0.321 e. The SMILES string of the molecule is O=C(O)C1(C(=O)Nc2ccccc2F)CC1.O=C(O)C1(C(=O)O)CC1. The normalized spacial score (nSPS) is 18.1. The lowest BCUT2D eigenvalue weighted by Crippen LogP contribution is -2.31. The molecule has 0 atom stereocenters. The van der Waals surface area contributed by atoms with E-state index in [1.54, 1.807) is 6.07 Å². The summed E-state index contributed by atoms with van der Waals surface area (Å²) in [6, 6.07) is 5.66. The average Bonchev–Trinajstić information content (AvgIpc) is 3.42. The van der Waals surface area contributed by atoms with E-state index in [4.69, 9.17) is 15.3 Å². The molecule has 0 unspecified atom stereocenters. The van der Waals surface area contributed by atoms with Crippen molar-refractivity contribution in [3.8, 4) is 0 Å². The Morgan fingerprint density at radius 1 is 0.840 bits per heavy atom. The molecule has 134 valence electrons. The van der Waals surface area contributed by atoms with E-state index in [0.29, 0.717) is 12.8 Å². The molecule has 1 aromatic rings. The number of carbonyl (C=O) groups is 4.